The van der Waals surface area contributed by atoms with Crippen molar-refractivity contribution < 1.29 is 8.78 Å². The van der Waals surface area contributed by atoms with Crippen molar-refractivity contribution in [2.75, 3.05) is 0 Å². The van der Waals surface area contributed by atoms with Crippen molar-refractivity contribution in [2.45, 2.75) is 119 Å². The molecule has 0 amide bonds. The Morgan fingerprint density at radius 1 is 0.368 bits per heavy atom. The van der Waals surface area contributed by atoms with E-state index in [9.17, 15) is 8.78 Å². The molecular weight excluding hydrogens is 470 g/mol. The molecule has 0 radical (unpaired) electrons. The Kier molecular flexibility index (Phi) is 14.0. The molecule has 0 atom stereocenters. The van der Waals surface area contributed by atoms with Gasteiger partial charge in [0.25, 0.3) is 0 Å². The molecule has 0 heterocycles. The van der Waals surface area contributed by atoms with Gasteiger partial charge >= 0.3 is 0 Å². The summed E-state index contributed by atoms with van der Waals surface area (Å²) in [4.78, 5) is 0. The summed E-state index contributed by atoms with van der Waals surface area (Å²) >= 11 is 0. The van der Waals surface area contributed by atoms with Gasteiger partial charge in [0, 0.05) is 0 Å². The van der Waals surface area contributed by atoms with Crippen LogP contribution in [-0.4, -0.2) is 0 Å². The molecule has 3 rings (SSSR count). The molecule has 0 saturated heterocycles. The van der Waals surface area contributed by atoms with E-state index in [0.717, 1.165) is 5.56 Å². The minimum Gasteiger partial charge on any atom is -0.204 e. The fourth-order valence-corrected chi connectivity index (χ4v) is 4.80. The van der Waals surface area contributed by atoms with Crippen LogP contribution in [0.2, 0.25) is 0 Å². The molecule has 0 saturated carbocycles. The highest BCUT2D eigenvalue weighted by Crippen LogP contribution is 2.30. The normalized spacial score (nSPS) is 11.3. The van der Waals surface area contributed by atoms with Gasteiger partial charge in [-0.05, 0) is 75.0 Å². The quantitative estimate of drug-likeness (QED) is 0.302. The SMILES string of the molecule is CC(C)c1ccc(F)c(F)c1C(C)C.CC(C)c1ccccc1C(C)C.CC(C)c1ccccc1C(C)C. The zero-order valence-electron chi connectivity index (χ0n) is 26.0. The molecule has 0 spiro atoms. The smallest absolute Gasteiger partial charge is 0.162 e. The molecule has 0 fully saturated rings. The van der Waals surface area contributed by atoms with E-state index in [2.05, 4.69) is 104 Å². The number of rotatable bonds is 6. The monoisotopic (exact) mass is 522 g/mol. The Balaban J connectivity index is 0.000000286. The lowest BCUT2D eigenvalue weighted by molar-refractivity contribution is 0.489. The summed E-state index contributed by atoms with van der Waals surface area (Å²) in [5.41, 5.74) is 7.39. The standard InChI is InChI=1S/C12H16F2.2C12H18/c1-7(2)9-5-6-10(13)12(14)11(9)8(3)4;2*1-9(2)11-7-5-6-8-12(11)10(3)4/h5-8H,1-4H3;2*5-10H,1-4H3. The molecular formula is C36H52F2. The Bertz CT molecular complexity index is 995. The highest BCUT2D eigenvalue weighted by atomic mass is 19.2. The molecule has 3 aromatic rings. The Morgan fingerprint density at radius 2 is 0.658 bits per heavy atom. The second-order valence-electron chi connectivity index (χ2n) is 12.1. The third kappa shape index (κ3) is 9.68. The van der Waals surface area contributed by atoms with Gasteiger partial charge in [0.05, 0.1) is 0 Å². The van der Waals surface area contributed by atoms with E-state index in [-0.39, 0.29) is 11.8 Å². The summed E-state index contributed by atoms with van der Waals surface area (Å²) < 4.78 is 26.5. The van der Waals surface area contributed by atoms with Crippen LogP contribution in [0.25, 0.3) is 0 Å². The predicted octanol–water partition coefficient (Wildman–Crippen LogP) is 12.1. The summed E-state index contributed by atoms with van der Waals surface area (Å²) in [6, 6.07) is 20.3. The Hall–Kier alpha value is -2.48. The van der Waals surface area contributed by atoms with Gasteiger partial charge in [-0.3, -0.25) is 0 Å². The van der Waals surface area contributed by atoms with E-state index >= 15 is 0 Å². The van der Waals surface area contributed by atoms with E-state index in [0.29, 0.717) is 29.2 Å². The Morgan fingerprint density at radius 3 is 0.895 bits per heavy atom. The molecule has 0 aromatic heterocycles. The van der Waals surface area contributed by atoms with Crippen molar-refractivity contribution in [2.24, 2.45) is 0 Å². The van der Waals surface area contributed by atoms with Crippen LogP contribution in [0.15, 0.2) is 60.7 Å². The summed E-state index contributed by atoms with van der Waals surface area (Å²) in [5, 5.41) is 0. The number of hydrogen-bond acceptors (Lipinski definition) is 0. The fourth-order valence-electron chi connectivity index (χ4n) is 4.80. The van der Waals surface area contributed by atoms with Crippen LogP contribution in [0.4, 0.5) is 8.78 Å². The maximum Gasteiger partial charge on any atom is 0.162 e. The zero-order valence-corrected chi connectivity index (χ0v) is 26.0. The molecule has 0 aliphatic carbocycles. The summed E-state index contributed by atoms with van der Waals surface area (Å²) in [6.07, 6.45) is 0. The van der Waals surface area contributed by atoms with Crippen LogP contribution >= 0.6 is 0 Å². The first-order valence-corrected chi connectivity index (χ1v) is 14.4. The van der Waals surface area contributed by atoms with Crippen molar-refractivity contribution >= 4 is 0 Å². The van der Waals surface area contributed by atoms with Crippen molar-refractivity contribution in [3.63, 3.8) is 0 Å². The average molecular weight is 523 g/mol. The van der Waals surface area contributed by atoms with Crippen molar-refractivity contribution in [1.82, 2.24) is 0 Å². The lowest BCUT2D eigenvalue weighted by atomic mass is 9.90. The van der Waals surface area contributed by atoms with Crippen molar-refractivity contribution in [3.05, 3.63) is 106 Å². The zero-order chi connectivity index (χ0) is 29.2. The lowest BCUT2D eigenvalue weighted by Gasteiger charge is -2.16. The van der Waals surface area contributed by atoms with Crippen molar-refractivity contribution in [1.29, 1.82) is 0 Å². The molecule has 0 aliphatic heterocycles. The minimum atomic E-state index is -0.752. The molecule has 0 bridgehead atoms. The molecule has 0 nitrogen and oxygen atoms in total. The lowest BCUT2D eigenvalue weighted by Crippen LogP contribution is -2.04. The van der Waals surface area contributed by atoms with Gasteiger partial charge in [-0.15, -0.1) is 0 Å². The van der Waals surface area contributed by atoms with Crippen LogP contribution < -0.4 is 0 Å². The maximum atomic E-state index is 13.5. The summed E-state index contributed by atoms with van der Waals surface area (Å²) in [5.74, 6) is 1.37. The van der Waals surface area contributed by atoms with Gasteiger partial charge in [-0.1, -0.05) is 138 Å². The van der Waals surface area contributed by atoms with E-state index in [1.54, 1.807) is 6.07 Å². The number of benzene rings is 3. The van der Waals surface area contributed by atoms with E-state index in [1.807, 2.05) is 27.7 Å². The summed E-state index contributed by atoms with van der Waals surface area (Å²) in [6.45, 7) is 25.7. The maximum absolute atomic E-state index is 13.5. The average Bonchev–Trinajstić information content (AvgIpc) is 2.85. The highest BCUT2D eigenvalue weighted by Gasteiger charge is 2.17. The molecule has 0 aliphatic rings. The second-order valence-corrected chi connectivity index (χ2v) is 12.1. The van der Waals surface area contributed by atoms with Crippen molar-refractivity contribution in [3.8, 4) is 0 Å². The largest absolute Gasteiger partial charge is 0.204 e. The van der Waals surface area contributed by atoms with Gasteiger partial charge < -0.3 is 0 Å². The molecule has 2 heteroatoms. The third-order valence-corrected chi connectivity index (χ3v) is 6.85. The van der Waals surface area contributed by atoms with Crippen LogP contribution in [0.5, 0.6) is 0 Å². The Labute approximate surface area is 232 Å². The van der Waals surface area contributed by atoms with Gasteiger partial charge in [0.2, 0.25) is 0 Å². The first-order valence-electron chi connectivity index (χ1n) is 14.4. The number of hydrogen-bond donors (Lipinski definition) is 0. The first kappa shape index (κ1) is 33.5. The molecule has 0 N–H and O–H groups in total. The van der Waals surface area contributed by atoms with Crippen LogP contribution in [0.3, 0.4) is 0 Å². The van der Waals surface area contributed by atoms with Gasteiger partial charge in [-0.25, -0.2) is 8.78 Å². The molecule has 38 heavy (non-hydrogen) atoms. The molecule has 0 unspecified atom stereocenters. The fraction of sp³-hybridized carbons (Fsp3) is 0.500. The van der Waals surface area contributed by atoms with Gasteiger partial charge in [-0.2, -0.15) is 0 Å². The first-order chi connectivity index (χ1) is 17.7. The highest BCUT2D eigenvalue weighted by molar-refractivity contribution is 5.35. The summed E-state index contributed by atoms with van der Waals surface area (Å²) in [7, 11) is 0. The molecule has 3 aromatic carbocycles. The predicted molar refractivity (Wildman–Crippen MR) is 164 cm³/mol. The minimum absolute atomic E-state index is 0.0168. The topological polar surface area (TPSA) is 0 Å². The van der Waals surface area contributed by atoms with Crippen LogP contribution in [0, 0.1) is 11.6 Å². The van der Waals surface area contributed by atoms with Gasteiger partial charge in [0.15, 0.2) is 11.6 Å². The van der Waals surface area contributed by atoms with E-state index in [4.69, 9.17) is 0 Å². The third-order valence-electron chi connectivity index (χ3n) is 6.85. The van der Waals surface area contributed by atoms with Crippen LogP contribution in [-0.2, 0) is 0 Å². The second kappa shape index (κ2) is 15.8. The van der Waals surface area contributed by atoms with E-state index in [1.165, 1.54) is 28.3 Å². The number of halogens is 2. The van der Waals surface area contributed by atoms with E-state index < -0.39 is 11.6 Å². The van der Waals surface area contributed by atoms with Gasteiger partial charge in [0.1, 0.15) is 0 Å². The van der Waals surface area contributed by atoms with Crippen LogP contribution in [0.1, 0.15) is 152 Å². The molecule has 210 valence electrons.